The molecular formula is C19H14F3N5O2S2. The van der Waals surface area contributed by atoms with Gasteiger partial charge in [-0.25, -0.2) is 18.7 Å². The molecule has 4 rings (SSSR count). The van der Waals surface area contributed by atoms with Crippen LogP contribution in [0.1, 0.15) is 21.2 Å². The number of thiazole rings is 2. The second-order valence-corrected chi connectivity index (χ2v) is 8.44. The summed E-state index contributed by atoms with van der Waals surface area (Å²) in [5.41, 5.74) is 1.02. The Morgan fingerprint density at radius 1 is 1.26 bits per heavy atom. The summed E-state index contributed by atoms with van der Waals surface area (Å²) in [5, 5.41) is 18.3. The largest absolute Gasteiger partial charge is 0.503 e. The standard InChI is InChI=1S/C19H14F3N5O2S2/c1-8-17(31-13(24-8)6-23-18(29)11-3-4-27(2)26-11)12-7-30-19(25-12)9-5-10(20)16(28)15(22)14(9)21/h3-5,7,28H,6H2,1-2H3,(H,23,29). The fourth-order valence-corrected chi connectivity index (χ4v) is 4.65. The van der Waals surface area contributed by atoms with Crippen molar-refractivity contribution in [3.63, 3.8) is 0 Å². The molecule has 7 nitrogen and oxygen atoms in total. The van der Waals surface area contributed by atoms with E-state index in [-0.39, 0.29) is 28.7 Å². The molecule has 1 amide bonds. The lowest BCUT2D eigenvalue weighted by Gasteiger charge is -2.03. The minimum Gasteiger partial charge on any atom is -0.503 e. The van der Waals surface area contributed by atoms with Crippen LogP contribution in [0.5, 0.6) is 5.75 Å². The first kappa shape index (κ1) is 21.0. The van der Waals surface area contributed by atoms with Crippen molar-refractivity contribution in [1.82, 2.24) is 25.1 Å². The molecule has 0 bridgehead atoms. The molecule has 3 heterocycles. The lowest BCUT2D eigenvalue weighted by Crippen LogP contribution is -2.23. The van der Waals surface area contributed by atoms with E-state index in [1.165, 1.54) is 16.0 Å². The number of phenols is 1. The van der Waals surface area contributed by atoms with Gasteiger partial charge in [0.1, 0.15) is 15.7 Å². The number of aryl methyl sites for hydroxylation is 2. The van der Waals surface area contributed by atoms with Crippen molar-refractivity contribution in [2.24, 2.45) is 7.05 Å². The van der Waals surface area contributed by atoms with Crippen molar-refractivity contribution >= 4 is 28.6 Å². The van der Waals surface area contributed by atoms with Crippen molar-refractivity contribution in [1.29, 1.82) is 0 Å². The van der Waals surface area contributed by atoms with Crippen LogP contribution in [0.15, 0.2) is 23.7 Å². The molecule has 1 aromatic carbocycles. The topological polar surface area (TPSA) is 92.9 Å². The number of halogens is 3. The maximum atomic E-state index is 14.1. The van der Waals surface area contributed by atoms with E-state index in [9.17, 15) is 23.1 Å². The van der Waals surface area contributed by atoms with Gasteiger partial charge < -0.3 is 10.4 Å². The summed E-state index contributed by atoms with van der Waals surface area (Å²) in [6, 6.07) is 2.30. The highest BCUT2D eigenvalue weighted by molar-refractivity contribution is 7.16. The zero-order chi connectivity index (χ0) is 22.3. The molecule has 0 atom stereocenters. The Bertz CT molecular complexity index is 1300. The fraction of sp³-hybridized carbons (Fsp3) is 0.158. The van der Waals surface area contributed by atoms with E-state index in [4.69, 9.17) is 0 Å². The summed E-state index contributed by atoms with van der Waals surface area (Å²) in [6.45, 7) is 1.94. The maximum absolute atomic E-state index is 14.1. The van der Waals surface area contributed by atoms with Crippen LogP contribution in [0.25, 0.3) is 21.1 Å². The number of aromatic nitrogens is 4. The van der Waals surface area contributed by atoms with E-state index in [1.54, 1.807) is 31.6 Å². The van der Waals surface area contributed by atoms with Gasteiger partial charge in [-0.3, -0.25) is 9.48 Å². The molecule has 12 heteroatoms. The number of amides is 1. The van der Waals surface area contributed by atoms with E-state index < -0.39 is 23.2 Å². The van der Waals surface area contributed by atoms with Crippen LogP contribution in [-0.4, -0.2) is 30.8 Å². The number of carbonyl (C=O) groups excluding carboxylic acids is 1. The van der Waals surface area contributed by atoms with Gasteiger partial charge in [0, 0.05) is 18.6 Å². The second kappa shape index (κ2) is 8.12. The predicted octanol–water partition coefficient (Wildman–Crippen LogP) is 4.03. The van der Waals surface area contributed by atoms with E-state index >= 15 is 0 Å². The number of phenolic OH excluding ortho intramolecular Hbond substituents is 1. The van der Waals surface area contributed by atoms with E-state index in [1.807, 2.05) is 0 Å². The number of nitrogens with zero attached hydrogens (tertiary/aromatic N) is 4. The van der Waals surface area contributed by atoms with Gasteiger partial charge in [0.25, 0.3) is 5.91 Å². The number of rotatable bonds is 5. The lowest BCUT2D eigenvalue weighted by atomic mass is 10.2. The van der Waals surface area contributed by atoms with E-state index in [0.717, 1.165) is 11.3 Å². The first-order valence-electron chi connectivity index (χ1n) is 8.81. The van der Waals surface area contributed by atoms with Crippen LogP contribution in [0.3, 0.4) is 0 Å². The number of hydrogen-bond acceptors (Lipinski definition) is 7. The van der Waals surface area contributed by atoms with Crippen molar-refractivity contribution in [3.05, 3.63) is 57.6 Å². The van der Waals surface area contributed by atoms with Gasteiger partial charge in [0.2, 0.25) is 5.82 Å². The highest BCUT2D eigenvalue weighted by atomic mass is 32.1. The zero-order valence-electron chi connectivity index (χ0n) is 16.1. The average molecular weight is 465 g/mol. The molecule has 0 aliphatic heterocycles. The summed E-state index contributed by atoms with van der Waals surface area (Å²) in [5.74, 6) is -6.01. The molecule has 160 valence electrons. The molecule has 0 aliphatic rings. The van der Waals surface area contributed by atoms with Gasteiger partial charge in [-0.1, -0.05) is 0 Å². The first-order chi connectivity index (χ1) is 14.7. The summed E-state index contributed by atoms with van der Waals surface area (Å²) in [6.07, 6.45) is 1.66. The smallest absolute Gasteiger partial charge is 0.272 e. The number of aromatic hydroxyl groups is 1. The van der Waals surface area contributed by atoms with Gasteiger partial charge in [-0.15, -0.1) is 22.7 Å². The summed E-state index contributed by atoms with van der Waals surface area (Å²) in [7, 11) is 1.71. The Morgan fingerprint density at radius 2 is 2.03 bits per heavy atom. The van der Waals surface area contributed by atoms with Gasteiger partial charge in [-0.05, 0) is 19.1 Å². The third kappa shape index (κ3) is 4.03. The number of carbonyl (C=O) groups is 1. The minimum absolute atomic E-state index is 0.0584. The van der Waals surface area contributed by atoms with Crippen LogP contribution >= 0.6 is 22.7 Å². The Hall–Kier alpha value is -3.25. The van der Waals surface area contributed by atoms with Gasteiger partial charge in [0.15, 0.2) is 17.4 Å². The monoisotopic (exact) mass is 465 g/mol. The normalized spacial score (nSPS) is 11.1. The summed E-state index contributed by atoms with van der Waals surface area (Å²) in [4.78, 5) is 21.5. The molecule has 4 aromatic rings. The molecule has 0 saturated heterocycles. The average Bonchev–Trinajstić information content (AvgIpc) is 3.47. The van der Waals surface area contributed by atoms with Gasteiger partial charge >= 0.3 is 0 Å². The zero-order valence-corrected chi connectivity index (χ0v) is 17.7. The Morgan fingerprint density at radius 3 is 2.74 bits per heavy atom. The van der Waals surface area contributed by atoms with Crippen molar-refractivity contribution < 1.29 is 23.1 Å². The number of hydrogen-bond donors (Lipinski definition) is 2. The predicted molar refractivity (Wildman–Crippen MR) is 109 cm³/mol. The van der Waals surface area contributed by atoms with Gasteiger partial charge in [-0.2, -0.15) is 9.49 Å². The molecule has 0 spiro atoms. The number of benzene rings is 1. The Balaban J connectivity index is 1.55. The fourth-order valence-electron chi connectivity index (χ4n) is 2.79. The Labute approximate surface area is 181 Å². The first-order valence-corrected chi connectivity index (χ1v) is 10.5. The molecule has 0 aliphatic carbocycles. The van der Waals surface area contributed by atoms with Crippen molar-refractivity contribution in [3.8, 4) is 26.9 Å². The van der Waals surface area contributed by atoms with Crippen LogP contribution in [0, 0.1) is 24.4 Å². The molecule has 0 radical (unpaired) electrons. The summed E-state index contributed by atoms with van der Waals surface area (Å²) >= 11 is 2.29. The molecule has 31 heavy (non-hydrogen) atoms. The van der Waals surface area contributed by atoms with Crippen LogP contribution in [-0.2, 0) is 13.6 Å². The van der Waals surface area contributed by atoms with Crippen molar-refractivity contribution in [2.45, 2.75) is 13.5 Å². The highest BCUT2D eigenvalue weighted by Crippen LogP contribution is 2.37. The minimum atomic E-state index is -1.66. The third-order valence-corrected chi connectivity index (χ3v) is 6.34. The van der Waals surface area contributed by atoms with E-state index in [0.29, 0.717) is 27.3 Å². The van der Waals surface area contributed by atoms with E-state index in [2.05, 4.69) is 20.4 Å². The lowest BCUT2D eigenvalue weighted by molar-refractivity contribution is 0.0945. The van der Waals surface area contributed by atoms with Crippen LogP contribution in [0.4, 0.5) is 13.2 Å². The molecule has 0 fully saturated rings. The quantitative estimate of drug-likeness (QED) is 0.434. The van der Waals surface area contributed by atoms with Crippen LogP contribution < -0.4 is 5.32 Å². The SMILES string of the molecule is Cc1nc(CNC(=O)c2ccn(C)n2)sc1-c1csc(-c2cc(F)c(O)c(F)c2F)n1. The van der Waals surface area contributed by atoms with Crippen LogP contribution in [0.2, 0.25) is 0 Å². The second-order valence-electron chi connectivity index (χ2n) is 6.50. The van der Waals surface area contributed by atoms with Gasteiger partial charge in [0.05, 0.1) is 28.4 Å². The Kier molecular flexibility index (Phi) is 5.50. The molecule has 3 aromatic heterocycles. The molecule has 2 N–H and O–H groups in total. The van der Waals surface area contributed by atoms with Crippen molar-refractivity contribution in [2.75, 3.05) is 0 Å². The maximum Gasteiger partial charge on any atom is 0.272 e. The molecule has 0 saturated carbocycles. The molecular weight excluding hydrogens is 451 g/mol. The summed E-state index contributed by atoms with van der Waals surface area (Å²) < 4.78 is 43.0. The highest BCUT2D eigenvalue weighted by Gasteiger charge is 2.22. The molecule has 0 unspecified atom stereocenters. The number of nitrogens with one attached hydrogen (secondary N) is 1. The third-order valence-electron chi connectivity index (χ3n) is 4.29.